The number of hydrogen-bond donors (Lipinski definition) is 1. The summed E-state index contributed by atoms with van der Waals surface area (Å²) in [5, 5.41) is 7.53. The van der Waals surface area contributed by atoms with Crippen molar-refractivity contribution >= 4 is 11.6 Å². The number of benzene rings is 2. The Balaban J connectivity index is 1.96. The van der Waals surface area contributed by atoms with Crippen LogP contribution in [-0.4, -0.2) is 15.7 Å². The fourth-order valence-corrected chi connectivity index (χ4v) is 2.94. The Morgan fingerprint density at radius 3 is 2.25 bits per heavy atom. The van der Waals surface area contributed by atoms with Gasteiger partial charge in [0.15, 0.2) is 0 Å². The van der Waals surface area contributed by atoms with E-state index in [1.807, 2.05) is 74.8 Å². The van der Waals surface area contributed by atoms with Gasteiger partial charge in [-0.2, -0.15) is 5.10 Å². The zero-order chi connectivity index (χ0) is 17.3. The van der Waals surface area contributed by atoms with Crippen LogP contribution in [-0.2, 0) is 0 Å². The fourth-order valence-electron chi connectivity index (χ4n) is 2.94. The zero-order valence-electron chi connectivity index (χ0n) is 14.4. The molecule has 0 saturated carbocycles. The maximum atomic E-state index is 12.7. The molecule has 4 heteroatoms. The minimum atomic E-state index is -0.115. The molecule has 1 heterocycles. The Morgan fingerprint density at radius 2 is 1.62 bits per heavy atom. The lowest BCUT2D eigenvalue weighted by atomic mass is 10.1. The number of nitrogens with one attached hydrogen (secondary N) is 1. The number of aryl methyl sites for hydroxylation is 4. The van der Waals surface area contributed by atoms with Gasteiger partial charge >= 0.3 is 0 Å². The first-order chi connectivity index (χ1) is 11.4. The summed E-state index contributed by atoms with van der Waals surface area (Å²) in [6, 6.07) is 15.6. The average Bonchev–Trinajstić information content (AvgIpc) is 2.85. The number of nitrogens with zero attached hydrogens (tertiary/aromatic N) is 2. The van der Waals surface area contributed by atoms with Gasteiger partial charge in [0.25, 0.3) is 5.91 Å². The summed E-state index contributed by atoms with van der Waals surface area (Å²) in [6.45, 7) is 7.95. The highest BCUT2D eigenvalue weighted by molar-refractivity contribution is 6.05. The molecule has 0 atom stereocenters. The van der Waals surface area contributed by atoms with Crippen molar-refractivity contribution < 1.29 is 4.79 Å². The van der Waals surface area contributed by atoms with Gasteiger partial charge in [0.1, 0.15) is 0 Å². The Hall–Kier alpha value is -2.88. The monoisotopic (exact) mass is 319 g/mol. The van der Waals surface area contributed by atoms with E-state index in [1.54, 1.807) is 0 Å². The smallest absolute Gasteiger partial charge is 0.255 e. The fraction of sp³-hybridized carbons (Fsp3) is 0.200. The highest BCUT2D eigenvalue weighted by atomic mass is 16.1. The predicted octanol–water partition coefficient (Wildman–Crippen LogP) is 4.36. The van der Waals surface area contributed by atoms with E-state index in [1.165, 1.54) is 0 Å². The average molecular weight is 319 g/mol. The quantitative estimate of drug-likeness (QED) is 0.780. The molecule has 0 radical (unpaired) electrons. The van der Waals surface area contributed by atoms with E-state index in [4.69, 9.17) is 0 Å². The second-order valence-corrected chi connectivity index (χ2v) is 6.19. The number of carbonyl (C=O) groups is 1. The van der Waals surface area contributed by atoms with Crippen LogP contribution in [0.1, 0.15) is 32.9 Å². The molecule has 0 fully saturated rings. The molecule has 1 amide bonds. The van der Waals surface area contributed by atoms with E-state index in [2.05, 4.69) is 16.5 Å². The third kappa shape index (κ3) is 3.23. The molecular weight excluding hydrogens is 298 g/mol. The lowest BCUT2D eigenvalue weighted by Crippen LogP contribution is -2.15. The van der Waals surface area contributed by atoms with E-state index in [9.17, 15) is 4.79 Å². The number of rotatable bonds is 3. The Bertz CT molecular complexity index is 889. The first-order valence-electron chi connectivity index (χ1n) is 7.96. The summed E-state index contributed by atoms with van der Waals surface area (Å²) in [4.78, 5) is 12.7. The summed E-state index contributed by atoms with van der Waals surface area (Å²) in [7, 11) is 0. The minimum absolute atomic E-state index is 0.115. The number of anilines is 1. The highest BCUT2D eigenvalue weighted by Gasteiger charge is 2.12. The molecule has 0 aliphatic heterocycles. The summed E-state index contributed by atoms with van der Waals surface area (Å²) < 4.78 is 1.85. The zero-order valence-corrected chi connectivity index (χ0v) is 14.4. The summed E-state index contributed by atoms with van der Waals surface area (Å²) in [6.07, 6.45) is 0. The number of carbonyl (C=O) groups excluding carboxylic acids is 1. The van der Waals surface area contributed by atoms with Crippen molar-refractivity contribution in [1.29, 1.82) is 0 Å². The number of amides is 1. The van der Waals surface area contributed by atoms with Crippen LogP contribution in [0, 0.1) is 27.7 Å². The topological polar surface area (TPSA) is 46.9 Å². The Labute approximate surface area is 142 Å². The largest absolute Gasteiger partial charge is 0.320 e. The number of aromatic nitrogens is 2. The molecule has 1 aromatic heterocycles. The lowest BCUT2D eigenvalue weighted by Gasteiger charge is -2.13. The maximum absolute atomic E-state index is 12.7. The molecule has 4 nitrogen and oxygen atoms in total. The predicted molar refractivity (Wildman–Crippen MR) is 96.9 cm³/mol. The van der Waals surface area contributed by atoms with Crippen LogP contribution in [0.4, 0.5) is 5.69 Å². The van der Waals surface area contributed by atoms with Crippen molar-refractivity contribution in [3.8, 4) is 5.69 Å². The first-order valence-corrected chi connectivity index (χ1v) is 7.96. The standard InChI is InChI=1S/C20H21N3O/c1-13-9-14(2)11-17(10-13)20(24)21-18-7-5-6-8-19(18)23-16(4)12-15(3)22-23/h5-12H,1-4H3,(H,21,24). The van der Waals surface area contributed by atoms with Crippen LogP contribution in [0.2, 0.25) is 0 Å². The number of para-hydroxylation sites is 2. The SMILES string of the molecule is Cc1cc(C)cc(C(=O)Nc2ccccc2-n2nc(C)cc2C)c1. The van der Waals surface area contributed by atoms with Crippen molar-refractivity contribution in [2.45, 2.75) is 27.7 Å². The van der Waals surface area contributed by atoms with Gasteiger partial charge in [0.05, 0.1) is 17.1 Å². The van der Waals surface area contributed by atoms with Crippen LogP contribution in [0.25, 0.3) is 5.69 Å². The normalized spacial score (nSPS) is 10.7. The summed E-state index contributed by atoms with van der Waals surface area (Å²) >= 11 is 0. The van der Waals surface area contributed by atoms with Crippen LogP contribution in [0.15, 0.2) is 48.5 Å². The van der Waals surface area contributed by atoms with Gasteiger partial charge < -0.3 is 5.32 Å². The molecule has 0 aliphatic carbocycles. The van der Waals surface area contributed by atoms with E-state index in [0.29, 0.717) is 5.56 Å². The molecule has 24 heavy (non-hydrogen) atoms. The van der Waals surface area contributed by atoms with Crippen molar-refractivity contribution in [3.05, 3.63) is 76.6 Å². The first kappa shape index (κ1) is 16.0. The molecular formula is C20H21N3O. The molecule has 0 aliphatic rings. The van der Waals surface area contributed by atoms with Crippen molar-refractivity contribution in [2.24, 2.45) is 0 Å². The summed E-state index contributed by atoms with van der Waals surface area (Å²) in [5.74, 6) is -0.115. The van der Waals surface area contributed by atoms with Gasteiger partial charge in [-0.05, 0) is 58.0 Å². The van der Waals surface area contributed by atoms with Crippen LogP contribution >= 0.6 is 0 Å². The van der Waals surface area contributed by atoms with Gasteiger partial charge in [-0.25, -0.2) is 4.68 Å². The van der Waals surface area contributed by atoms with E-state index >= 15 is 0 Å². The molecule has 3 aromatic rings. The van der Waals surface area contributed by atoms with E-state index in [0.717, 1.165) is 33.9 Å². The molecule has 122 valence electrons. The minimum Gasteiger partial charge on any atom is -0.320 e. The third-order valence-corrected chi connectivity index (χ3v) is 3.87. The van der Waals surface area contributed by atoms with Gasteiger partial charge in [0, 0.05) is 11.3 Å². The van der Waals surface area contributed by atoms with Crippen LogP contribution in [0.3, 0.4) is 0 Å². The highest BCUT2D eigenvalue weighted by Crippen LogP contribution is 2.22. The molecule has 1 N–H and O–H groups in total. The van der Waals surface area contributed by atoms with E-state index < -0.39 is 0 Å². The van der Waals surface area contributed by atoms with Crippen molar-refractivity contribution in [2.75, 3.05) is 5.32 Å². The van der Waals surface area contributed by atoms with Crippen molar-refractivity contribution in [3.63, 3.8) is 0 Å². The van der Waals surface area contributed by atoms with Crippen LogP contribution in [0.5, 0.6) is 0 Å². The van der Waals surface area contributed by atoms with Gasteiger partial charge in [-0.1, -0.05) is 29.3 Å². The lowest BCUT2D eigenvalue weighted by molar-refractivity contribution is 0.102. The Kier molecular flexibility index (Phi) is 4.21. The number of hydrogen-bond acceptors (Lipinski definition) is 2. The second-order valence-electron chi connectivity index (χ2n) is 6.19. The molecule has 0 spiro atoms. The van der Waals surface area contributed by atoms with Gasteiger partial charge in [-0.15, -0.1) is 0 Å². The van der Waals surface area contributed by atoms with Gasteiger partial charge in [-0.3, -0.25) is 4.79 Å². The Morgan fingerprint density at radius 1 is 0.958 bits per heavy atom. The molecule has 2 aromatic carbocycles. The molecule has 0 unspecified atom stereocenters. The van der Waals surface area contributed by atoms with Gasteiger partial charge in [0.2, 0.25) is 0 Å². The molecule has 0 saturated heterocycles. The van der Waals surface area contributed by atoms with Crippen LogP contribution < -0.4 is 5.32 Å². The maximum Gasteiger partial charge on any atom is 0.255 e. The molecule has 0 bridgehead atoms. The third-order valence-electron chi connectivity index (χ3n) is 3.87. The second kappa shape index (κ2) is 6.32. The van der Waals surface area contributed by atoms with Crippen molar-refractivity contribution in [1.82, 2.24) is 9.78 Å². The molecule has 3 rings (SSSR count). The summed E-state index contributed by atoms with van der Waals surface area (Å²) in [5.41, 5.74) is 6.40. The van der Waals surface area contributed by atoms with E-state index in [-0.39, 0.29) is 5.91 Å².